The number of amides is 1. The molecular weight excluding hydrogens is 430 g/mol. The van der Waals surface area contributed by atoms with Gasteiger partial charge in [0.05, 0.1) is 16.2 Å². The highest BCUT2D eigenvalue weighted by molar-refractivity contribution is 8.00. The van der Waals surface area contributed by atoms with Crippen molar-refractivity contribution in [3.8, 4) is 0 Å². The van der Waals surface area contributed by atoms with Gasteiger partial charge in [0.25, 0.3) is 5.56 Å². The monoisotopic (exact) mass is 457 g/mol. The third-order valence-corrected chi connectivity index (χ3v) is 6.33. The summed E-state index contributed by atoms with van der Waals surface area (Å²) in [5, 5.41) is 4.14. The number of carbonyl (C=O) groups is 1. The van der Waals surface area contributed by atoms with Gasteiger partial charge in [0.2, 0.25) is 5.91 Å². The highest BCUT2D eigenvalue weighted by Gasteiger charge is 2.21. The molecule has 0 fully saturated rings. The van der Waals surface area contributed by atoms with Gasteiger partial charge in [-0.2, -0.15) is 0 Å². The van der Waals surface area contributed by atoms with E-state index < -0.39 is 5.25 Å². The predicted octanol–water partition coefficient (Wildman–Crippen LogP) is 5.75. The van der Waals surface area contributed by atoms with Gasteiger partial charge in [-0.1, -0.05) is 54.9 Å². The lowest BCUT2D eigenvalue weighted by Crippen LogP contribution is -2.28. The number of carbonyl (C=O) groups excluding carboxylic acids is 1. The number of halogens is 1. The molecule has 0 aliphatic heterocycles. The van der Waals surface area contributed by atoms with Crippen LogP contribution in [0.5, 0.6) is 0 Å². The second-order valence-electron chi connectivity index (χ2n) is 8.39. The summed E-state index contributed by atoms with van der Waals surface area (Å²) in [6, 6.07) is 9.22. The maximum atomic E-state index is 13.2. The van der Waals surface area contributed by atoms with Gasteiger partial charge >= 0.3 is 0 Å². The molecule has 1 atom stereocenters. The zero-order valence-corrected chi connectivity index (χ0v) is 20.3. The van der Waals surface area contributed by atoms with Crippen LogP contribution in [-0.4, -0.2) is 20.7 Å². The number of hydrogen-bond donors (Lipinski definition) is 1. The molecule has 0 saturated carbocycles. The summed E-state index contributed by atoms with van der Waals surface area (Å²) in [5.41, 5.74) is 4.49. The fourth-order valence-corrected chi connectivity index (χ4v) is 4.69. The van der Waals surface area contributed by atoms with E-state index in [1.165, 1.54) is 11.8 Å². The van der Waals surface area contributed by atoms with E-state index in [0.717, 1.165) is 22.4 Å². The summed E-state index contributed by atoms with van der Waals surface area (Å²) in [6.45, 7) is 12.5. The lowest BCUT2D eigenvalue weighted by Gasteiger charge is -2.19. The lowest BCUT2D eigenvalue weighted by atomic mass is 10.1. The zero-order valence-electron chi connectivity index (χ0n) is 18.7. The second-order valence-corrected chi connectivity index (χ2v) is 10.1. The molecule has 2 aromatic carbocycles. The zero-order chi connectivity index (χ0) is 22.9. The van der Waals surface area contributed by atoms with Crippen LogP contribution in [0.25, 0.3) is 10.9 Å². The molecule has 0 bridgehead atoms. The molecule has 1 amide bonds. The van der Waals surface area contributed by atoms with Crippen LogP contribution in [0.1, 0.15) is 37.5 Å². The molecule has 3 aromatic rings. The van der Waals surface area contributed by atoms with E-state index in [4.69, 9.17) is 16.6 Å². The summed E-state index contributed by atoms with van der Waals surface area (Å²) < 4.78 is 1.65. The van der Waals surface area contributed by atoms with Gasteiger partial charge in [0, 0.05) is 17.3 Å². The van der Waals surface area contributed by atoms with Gasteiger partial charge in [0.1, 0.15) is 0 Å². The van der Waals surface area contributed by atoms with E-state index in [0.29, 0.717) is 27.6 Å². The number of rotatable bonds is 6. The largest absolute Gasteiger partial charge is 0.325 e. The molecule has 5 nitrogen and oxygen atoms in total. The number of fused-ring (bicyclic) bond motifs is 1. The Morgan fingerprint density at radius 1 is 1.13 bits per heavy atom. The Hall–Kier alpha value is -2.31. The van der Waals surface area contributed by atoms with Crippen LogP contribution in [0.4, 0.5) is 5.69 Å². The number of aryl methyl sites for hydroxylation is 3. The Morgan fingerprint density at radius 3 is 2.39 bits per heavy atom. The Kier molecular flexibility index (Phi) is 7.12. The number of nitrogens with zero attached hydrogens (tertiary/aromatic N) is 2. The minimum Gasteiger partial charge on any atom is -0.325 e. The first-order valence-electron chi connectivity index (χ1n) is 10.3. The minimum atomic E-state index is -0.435. The van der Waals surface area contributed by atoms with Gasteiger partial charge in [-0.25, -0.2) is 4.98 Å². The predicted molar refractivity (Wildman–Crippen MR) is 130 cm³/mol. The number of aromatic nitrogens is 2. The van der Waals surface area contributed by atoms with Gasteiger partial charge in [-0.3, -0.25) is 14.2 Å². The molecule has 1 N–H and O–H groups in total. The third kappa shape index (κ3) is 5.31. The number of hydrogen-bond acceptors (Lipinski definition) is 4. The standard InChI is InChI=1S/C24H28ClN3O2S/c1-13(2)12-28-23(30)19-11-18(25)7-8-20(19)26-24(28)31-17(6)22(29)27-21-15(4)9-14(3)10-16(21)5/h7-11,13,17H,12H2,1-6H3,(H,27,29). The van der Waals surface area contributed by atoms with Gasteiger partial charge in [0.15, 0.2) is 5.16 Å². The van der Waals surface area contributed by atoms with Crippen LogP contribution in [-0.2, 0) is 11.3 Å². The SMILES string of the molecule is Cc1cc(C)c(NC(=O)C(C)Sc2nc3ccc(Cl)cc3c(=O)n2CC(C)C)c(C)c1. The molecule has 31 heavy (non-hydrogen) atoms. The van der Waals surface area contributed by atoms with E-state index in [1.54, 1.807) is 22.8 Å². The van der Waals surface area contributed by atoms with E-state index in [-0.39, 0.29) is 17.4 Å². The molecule has 0 radical (unpaired) electrons. The van der Waals surface area contributed by atoms with Crippen molar-refractivity contribution in [3.05, 3.63) is 62.4 Å². The van der Waals surface area contributed by atoms with Crippen LogP contribution in [0.2, 0.25) is 5.02 Å². The van der Waals surface area contributed by atoms with E-state index in [2.05, 4.69) is 17.4 Å². The normalized spacial score (nSPS) is 12.4. The van der Waals surface area contributed by atoms with Crippen molar-refractivity contribution < 1.29 is 4.79 Å². The van der Waals surface area contributed by atoms with E-state index in [1.807, 2.05) is 41.5 Å². The molecule has 0 aliphatic carbocycles. The highest BCUT2D eigenvalue weighted by Crippen LogP contribution is 2.27. The first kappa shape index (κ1) is 23.4. The lowest BCUT2D eigenvalue weighted by molar-refractivity contribution is -0.115. The third-order valence-electron chi connectivity index (χ3n) is 5.01. The fraction of sp³-hybridized carbons (Fsp3) is 0.375. The van der Waals surface area contributed by atoms with Crippen molar-refractivity contribution in [2.75, 3.05) is 5.32 Å². The Bertz CT molecular complexity index is 1180. The topological polar surface area (TPSA) is 64.0 Å². The van der Waals surface area contributed by atoms with Crippen LogP contribution in [0.3, 0.4) is 0 Å². The number of benzene rings is 2. The Balaban J connectivity index is 1.93. The quantitative estimate of drug-likeness (QED) is 0.378. The summed E-state index contributed by atoms with van der Waals surface area (Å²) in [4.78, 5) is 30.8. The summed E-state index contributed by atoms with van der Waals surface area (Å²) in [5.74, 6) is 0.124. The molecule has 7 heteroatoms. The summed E-state index contributed by atoms with van der Waals surface area (Å²) in [7, 11) is 0. The van der Waals surface area contributed by atoms with Gasteiger partial charge in [-0.15, -0.1) is 0 Å². The second kappa shape index (κ2) is 9.45. The molecule has 0 aliphatic rings. The van der Waals surface area contributed by atoms with Crippen LogP contribution in [0.15, 0.2) is 40.3 Å². The Labute approximate surface area is 192 Å². The minimum absolute atomic E-state index is 0.124. The molecular formula is C24H28ClN3O2S. The van der Waals surface area contributed by atoms with Crippen molar-refractivity contribution in [1.29, 1.82) is 0 Å². The number of anilines is 1. The fourth-order valence-electron chi connectivity index (χ4n) is 3.60. The van der Waals surface area contributed by atoms with Gasteiger partial charge < -0.3 is 5.32 Å². The van der Waals surface area contributed by atoms with Crippen molar-refractivity contribution in [2.45, 2.75) is 58.5 Å². The molecule has 0 spiro atoms. The van der Waals surface area contributed by atoms with E-state index in [9.17, 15) is 9.59 Å². The summed E-state index contributed by atoms with van der Waals surface area (Å²) >= 11 is 7.39. The van der Waals surface area contributed by atoms with Crippen LogP contribution in [0, 0.1) is 26.7 Å². The van der Waals surface area contributed by atoms with Crippen LogP contribution >= 0.6 is 23.4 Å². The number of thioether (sulfide) groups is 1. The number of nitrogens with one attached hydrogen (secondary N) is 1. The first-order valence-corrected chi connectivity index (χ1v) is 11.6. The van der Waals surface area contributed by atoms with E-state index >= 15 is 0 Å². The summed E-state index contributed by atoms with van der Waals surface area (Å²) in [6.07, 6.45) is 0. The molecule has 1 aromatic heterocycles. The van der Waals surface area contributed by atoms with Gasteiger partial charge in [-0.05, 0) is 62.9 Å². The molecule has 164 valence electrons. The van der Waals surface area contributed by atoms with Crippen LogP contribution < -0.4 is 10.9 Å². The van der Waals surface area contributed by atoms with Crippen molar-refractivity contribution in [2.24, 2.45) is 5.92 Å². The maximum absolute atomic E-state index is 13.2. The average Bonchev–Trinajstić information content (AvgIpc) is 2.67. The Morgan fingerprint density at radius 2 is 1.77 bits per heavy atom. The van der Waals surface area contributed by atoms with Crippen molar-refractivity contribution in [1.82, 2.24) is 9.55 Å². The molecule has 0 saturated heterocycles. The molecule has 3 rings (SSSR count). The smallest absolute Gasteiger partial charge is 0.262 e. The van der Waals surface area contributed by atoms with Crippen molar-refractivity contribution in [3.63, 3.8) is 0 Å². The average molecular weight is 458 g/mol. The highest BCUT2D eigenvalue weighted by atomic mass is 35.5. The molecule has 1 heterocycles. The molecule has 1 unspecified atom stereocenters. The first-order chi connectivity index (χ1) is 14.6. The maximum Gasteiger partial charge on any atom is 0.262 e. The van der Waals surface area contributed by atoms with Crippen molar-refractivity contribution >= 4 is 45.9 Å².